The summed E-state index contributed by atoms with van der Waals surface area (Å²) in [6.45, 7) is 6.72. The molecule has 0 saturated carbocycles. The monoisotopic (exact) mass is 175 g/mol. The van der Waals surface area contributed by atoms with E-state index >= 15 is 0 Å². The van der Waals surface area contributed by atoms with Crippen molar-refractivity contribution in [1.29, 1.82) is 0 Å². The minimum absolute atomic E-state index is 0.225. The maximum atomic E-state index is 9.04. The van der Waals surface area contributed by atoms with Gasteiger partial charge in [0.15, 0.2) is 0 Å². The predicted molar refractivity (Wildman–Crippen MR) is 50.0 cm³/mol. The van der Waals surface area contributed by atoms with E-state index in [9.17, 15) is 0 Å². The van der Waals surface area contributed by atoms with E-state index in [1.165, 1.54) is 0 Å². The van der Waals surface area contributed by atoms with Crippen LogP contribution in [-0.2, 0) is 4.74 Å². The Morgan fingerprint density at radius 2 is 1.92 bits per heavy atom. The van der Waals surface area contributed by atoms with Crippen molar-refractivity contribution in [1.82, 2.24) is 0 Å². The maximum Gasteiger partial charge on any atom is 0.0800 e. The van der Waals surface area contributed by atoms with E-state index in [0.29, 0.717) is 13.2 Å². The summed E-state index contributed by atoms with van der Waals surface area (Å²) in [6, 6.07) is 0. The van der Waals surface area contributed by atoms with Crippen molar-refractivity contribution in [2.45, 2.75) is 45.3 Å². The zero-order valence-electron chi connectivity index (χ0n) is 8.34. The van der Waals surface area contributed by atoms with Crippen LogP contribution in [0.15, 0.2) is 0 Å². The molecule has 0 bridgehead atoms. The molecule has 1 atom stereocenters. The Morgan fingerprint density at radius 1 is 1.42 bits per heavy atom. The van der Waals surface area contributed by atoms with Gasteiger partial charge in [0.1, 0.15) is 0 Å². The Hall–Kier alpha value is -0.120. The summed E-state index contributed by atoms with van der Waals surface area (Å²) >= 11 is 0. The average molecular weight is 175 g/mol. The highest BCUT2D eigenvalue weighted by Gasteiger charge is 2.25. The van der Waals surface area contributed by atoms with Gasteiger partial charge < -0.3 is 15.6 Å². The Bertz CT molecular complexity index is 103. The molecule has 0 saturated heterocycles. The van der Waals surface area contributed by atoms with Crippen molar-refractivity contribution < 1.29 is 9.84 Å². The summed E-state index contributed by atoms with van der Waals surface area (Å²) in [6.07, 6.45) is 1.38. The largest absolute Gasteiger partial charge is 0.391 e. The minimum Gasteiger partial charge on any atom is -0.391 e. The average Bonchev–Trinajstić information content (AvgIpc) is 2.08. The van der Waals surface area contributed by atoms with E-state index in [1.807, 2.05) is 0 Å². The molecule has 0 aliphatic rings. The van der Waals surface area contributed by atoms with Crippen LogP contribution in [-0.4, -0.2) is 30.0 Å². The number of aliphatic hydroxyl groups is 1. The second-order valence-corrected chi connectivity index (χ2v) is 3.25. The number of rotatable bonds is 6. The fourth-order valence-electron chi connectivity index (χ4n) is 1.10. The van der Waals surface area contributed by atoms with Gasteiger partial charge in [-0.2, -0.15) is 0 Å². The number of ether oxygens (including phenoxy) is 1. The van der Waals surface area contributed by atoms with Gasteiger partial charge in [-0.05, 0) is 19.8 Å². The molecule has 0 fully saturated rings. The van der Waals surface area contributed by atoms with E-state index in [-0.39, 0.29) is 5.60 Å². The molecule has 3 N–H and O–H groups in total. The van der Waals surface area contributed by atoms with Crippen molar-refractivity contribution in [3.8, 4) is 0 Å². The number of aliphatic hydroxyl groups excluding tert-OH is 1. The highest BCUT2D eigenvalue weighted by molar-refractivity contribution is 4.78. The van der Waals surface area contributed by atoms with Crippen molar-refractivity contribution in [3.05, 3.63) is 0 Å². The molecule has 0 aliphatic heterocycles. The van der Waals surface area contributed by atoms with E-state index < -0.39 is 6.10 Å². The molecule has 0 aliphatic carbocycles. The summed E-state index contributed by atoms with van der Waals surface area (Å²) in [7, 11) is 0. The van der Waals surface area contributed by atoms with Crippen LogP contribution in [0.1, 0.15) is 33.6 Å². The number of nitrogens with two attached hydrogens (primary N) is 1. The van der Waals surface area contributed by atoms with Crippen molar-refractivity contribution in [2.75, 3.05) is 13.2 Å². The summed E-state index contributed by atoms with van der Waals surface area (Å²) in [4.78, 5) is 0. The van der Waals surface area contributed by atoms with Gasteiger partial charge in [0.25, 0.3) is 0 Å². The van der Waals surface area contributed by atoms with Crippen LogP contribution in [0, 0.1) is 0 Å². The summed E-state index contributed by atoms with van der Waals surface area (Å²) in [5.41, 5.74) is 5.38. The van der Waals surface area contributed by atoms with Crippen LogP contribution in [0.2, 0.25) is 0 Å². The highest BCUT2D eigenvalue weighted by Crippen LogP contribution is 2.18. The summed E-state index contributed by atoms with van der Waals surface area (Å²) < 4.78 is 5.56. The lowest BCUT2D eigenvalue weighted by molar-refractivity contribution is -0.0751. The zero-order chi connectivity index (χ0) is 9.61. The first-order chi connectivity index (χ1) is 5.60. The highest BCUT2D eigenvalue weighted by atomic mass is 16.5. The Morgan fingerprint density at radius 3 is 2.17 bits per heavy atom. The van der Waals surface area contributed by atoms with E-state index in [0.717, 1.165) is 12.8 Å². The molecule has 0 rings (SSSR count). The van der Waals surface area contributed by atoms with Crippen LogP contribution < -0.4 is 5.73 Å². The lowest BCUT2D eigenvalue weighted by Gasteiger charge is -2.30. The van der Waals surface area contributed by atoms with Crippen LogP contribution >= 0.6 is 0 Å². The molecule has 0 spiro atoms. The summed E-state index contributed by atoms with van der Waals surface area (Å²) in [5, 5.41) is 9.04. The van der Waals surface area contributed by atoms with Gasteiger partial charge in [0, 0.05) is 6.54 Å². The SMILES string of the molecule is CCC(CC)(CN)OCC(C)O. The molecule has 0 aromatic heterocycles. The third-order valence-corrected chi connectivity index (χ3v) is 2.29. The first kappa shape index (κ1) is 11.9. The zero-order valence-corrected chi connectivity index (χ0v) is 8.34. The predicted octanol–water partition coefficient (Wildman–Crippen LogP) is 0.901. The molecular weight excluding hydrogens is 154 g/mol. The molecule has 0 heterocycles. The first-order valence-corrected chi connectivity index (χ1v) is 4.62. The molecule has 0 radical (unpaired) electrons. The van der Waals surface area contributed by atoms with Gasteiger partial charge in [-0.1, -0.05) is 13.8 Å². The van der Waals surface area contributed by atoms with Crippen LogP contribution in [0.4, 0.5) is 0 Å². The number of hydrogen-bond donors (Lipinski definition) is 2. The van der Waals surface area contributed by atoms with Gasteiger partial charge in [-0.3, -0.25) is 0 Å². The third kappa shape index (κ3) is 3.52. The number of hydrogen-bond acceptors (Lipinski definition) is 3. The van der Waals surface area contributed by atoms with Gasteiger partial charge in [-0.15, -0.1) is 0 Å². The standard InChI is InChI=1S/C9H21NO2/c1-4-9(5-2,7-10)12-6-8(3)11/h8,11H,4-7,10H2,1-3H3. The van der Waals surface area contributed by atoms with E-state index in [2.05, 4.69) is 13.8 Å². The van der Waals surface area contributed by atoms with Gasteiger partial charge in [-0.25, -0.2) is 0 Å². The van der Waals surface area contributed by atoms with Crippen LogP contribution in [0.25, 0.3) is 0 Å². The molecule has 74 valence electrons. The molecule has 0 aromatic rings. The summed E-state index contributed by atoms with van der Waals surface area (Å²) in [5.74, 6) is 0. The fraction of sp³-hybridized carbons (Fsp3) is 1.00. The van der Waals surface area contributed by atoms with Crippen molar-refractivity contribution in [3.63, 3.8) is 0 Å². The molecule has 1 unspecified atom stereocenters. The molecule has 0 aromatic carbocycles. The topological polar surface area (TPSA) is 55.5 Å². The van der Waals surface area contributed by atoms with Crippen molar-refractivity contribution >= 4 is 0 Å². The Labute approximate surface area is 74.9 Å². The van der Waals surface area contributed by atoms with Gasteiger partial charge >= 0.3 is 0 Å². The fourth-order valence-corrected chi connectivity index (χ4v) is 1.10. The Kier molecular flexibility index (Phi) is 5.46. The smallest absolute Gasteiger partial charge is 0.0800 e. The molecular formula is C9H21NO2. The lowest BCUT2D eigenvalue weighted by Crippen LogP contribution is -2.41. The van der Waals surface area contributed by atoms with Crippen LogP contribution in [0.5, 0.6) is 0 Å². The molecule has 12 heavy (non-hydrogen) atoms. The normalized spacial score (nSPS) is 14.8. The molecule has 3 heteroatoms. The van der Waals surface area contributed by atoms with Crippen LogP contribution in [0.3, 0.4) is 0 Å². The van der Waals surface area contributed by atoms with E-state index in [1.54, 1.807) is 6.92 Å². The second-order valence-electron chi connectivity index (χ2n) is 3.25. The first-order valence-electron chi connectivity index (χ1n) is 4.62. The van der Waals surface area contributed by atoms with Crippen molar-refractivity contribution in [2.24, 2.45) is 5.73 Å². The third-order valence-electron chi connectivity index (χ3n) is 2.29. The van der Waals surface area contributed by atoms with E-state index in [4.69, 9.17) is 15.6 Å². The van der Waals surface area contributed by atoms with Gasteiger partial charge in [0.2, 0.25) is 0 Å². The molecule has 3 nitrogen and oxygen atoms in total. The lowest BCUT2D eigenvalue weighted by atomic mass is 9.97. The maximum absolute atomic E-state index is 9.04. The second kappa shape index (κ2) is 5.51. The Balaban J connectivity index is 3.93. The molecule has 0 amide bonds. The minimum atomic E-state index is -0.408. The quantitative estimate of drug-likeness (QED) is 0.630. The van der Waals surface area contributed by atoms with Gasteiger partial charge in [0.05, 0.1) is 18.3 Å².